The maximum Gasteiger partial charge on any atom is 0.255 e. The van der Waals surface area contributed by atoms with Crippen LogP contribution in [0.5, 0.6) is 0 Å². The first kappa shape index (κ1) is 13.8. The van der Waals surface area contributed by atoms with Crippen molar-refractivity contribution in [2.75, 3.05) is 5.32 Å². The van der Waals surface area contributed by atoms with E-state index < -0.39 is 0 Å². The predicted molar refractivity (Wildman–Crippen MR) is 79.2 cm³/mol. The lowest BCUT2D eigenvalue weighted by molar-refractivity contribution is 0.102. The van der Waals surface area contributed by atoms with Crippen LogP contribution in [0.1, 0.15) is 21.5 Å². The second-order valence-corrected chi connectivity index (χ2v) is 5.09. The van der Waals surface area contributed by atoms with E-state index in [1.807, 2.05) is 25.1 Å². The van der Waals surface area contributed by atoms with Crippen molar-refractivity contribution in [3.63, 3.8) is 0 Å². The van der Waals surface area contributed by atoms with Crippen LogP contribution in [0.15, 0.2) is 46.9 Å². The molecule has 0 aliphatic rings. The molecule has 2 rings (SSSR count). The molecule has 0 unspecified atom stereocenters. The third kappa shape index (κ3) is 3.22. The molecule has 2 aromatic carbocycles. The van der Waals surface area contributed by atoms with Crippen molar-refractivity contribution >= 4 is 27.5 Å². The first-order valence-corrected chi connectivity index (χ1v) is 6.67. The van der Waals surface area contributed by atoms with Crippen molar-refractivity contribution in [1.82, 2.24) is 0 Å². The van der Waals surface area contributed by atoms with E-state index in [1.54, 1.807) is 24.3 Å². The normalized spacial score (nSPS) is 10.3. The molecule has 3 nitrogen and oxygen atoms in total. The average Bonchev–Trinajstić information content (AvgIpc) is 2.42. The molecule has 1 amide bonds. The molecule has 0 radical (unpaired) electrons. The van der Waals surface area contributed by atoms with Gasteiger partial charge in [-0.3, -0.25) is 4.79 Å². The summed E-state index contributed by atoms with van der Waals surface area (Å²) in [4.78, 5) is 12.1. The van der Waals surface area contributed by atoms with Gasteiger partial charge in [0, 0.05) is 21.3 Å². The highest BCUT2D eigenvalue weighted by molar-refractivity contribution is 9.10. The van der Waals surface area contributed by atoms with Gasteiger partial charge in [-0.15, -0.1) is 0 Å². The van der Waals surface area contributed by atoms with Gasteiger partial charge in [-0.1, -0.05) is 40.2 Å². The Labute approximate surface area is 120 Å². The molecule has 0 spiro atoms. The predicted octanol–water partition coefficient (Wildman–Crippen LogP) is 3.50. The number of anilines is 1. The smallest absolute Gasteiger partial charge is 0.255 e. The number of carbonyl (C=O) groups excluding carboxylic acids is 1. The van der Waals surface area contributed by atoms with Gasteiger partial charge < -0.3 is 10.4 Å². The third-order valence-electron chi connectivity index (χ3n) is 2.87. The second kappa shape index (κ2) is 5.99. The Morgan fingerprint density at radius 1 is 1.26 bits per heavy atom. The zero-order valence-electron chi connectivity index (χ0n) is 10.5. The number of hydrogen-bond acceptors (Lipinski definition) is 2. The fourth-order valence-electron chi connectivity index (χ4n) is 1.71. The number of rotatable bonds is 3. The van der Waals surface area contributed by atoms with E-state index >= 15 is 0 Å². The number of aliphatic hydroxyl groups is 1. The van der Waals surface area contributed by atoms with Gasteiger partial charge in [0.05, 0.1) is 6.61 Å². The zero-order chi connectivity index (χ0) is 13.8. The van der Waals surface area contributed by atoms with Crippen molar-refractivity contribution in [3.8, 4) is 0 Å². The number of carbonyl (C=O) groups is 1. The van der Waals surface area contributed by atoms with E-state index in [0.29, 0.717) is 16.8 Å². The first-order chi connectivity index (χ1) is 9.11. The number of halogens is 1. The van der Waals surface area contributed by atoms with Gasteiger partial charge in [-0.25, -0.2) is 0 Å². The lowest BCUT2D eigenvalue weighted by atomic mass is 10.1. The van der Waals surface area contributed by atoms with E-state index in [-0.39, 0.29) is 12.5 Å². The lowest BCUT2D eigenvalue weighted by Gasteiger charge is -2.10. The number of para-hydroxylation sites is 1. The first-order valence-electron chi connectivity index (χ1n) is 5.88. The molecule has 0 aliphatic carbocycles. The summed E-state index contributed by atoms with van der Waals surface area (Å²) in [5.41, 5.74) is 2.98. The average molecular weight is 320 g/mol. The van der Waals surface area contributed by atoms with Gasteiger partial charge in [0.2, 0.25) is 0 Å². The van der Waals surface area contributed by atoms with E-state index in [2.05, 4.69) is 21.2 Å². The number of nitrogens with one attached hydrogen (secondary N) is 1. The molecule has 98 valence electrons. The number of hydrogen-bond donors (Lipinski definition) is 2. The van der Waals surface area contributed by atoms with Crippen molar-refractivity contribution in [3.05, 3.63) is 63.6 Å². The summed E-state index contributed by atoms with van der Waals surface area (Å²) in [7, 11) is 0. The van der Waals surface area contributed by atoms with Crippen LogP contribution >= 0.6 is 15.9 Å². The van der Waals surface area contributed by atoms with Crippen LogP contribution in [0.4, 0.5) is 5.69 Å². The summed E-state index contributed by atoms with van der Waals surface area (Å²) >= 11 is 3.41. The summed E-state index contributed by atoms with van der Waals surface area (Å²) in [6, 6.07) is 12.6. The number of amides is 1. The number of aliphatic hydroxyl groups excluding tert-OH is 1. The van der Waals surface area contributed by atoms with Crippen LogP contribution in [0.3, 0.4) is 0 Å². The van der Waals surface area contributed by atoms with Crippen molar-refractivity contribution < 1.29 is 9.90 Å². The lowest BCUT2D eigenvalue weighted by Crippen LogP contribution is -2.13. The Balaban J connectivity index is 2.23. The Morgan fingerprint density at radius 2 is 2.00 bits per heavy atom. The van der Waals surface area contributed by atoms with Gasteiger partial charge in [-0.05, 0) is 30.7 Å². The monoisotopic (exact) mass is 319 g/mol. The van der Waals surface area contributed by atoms with Gasteiger partial charge in [0.1, 0.15) is 0 Å². The largest absolute Gasteiger partial charge is 0.392 e. The molecule has 2 aromatic rings. The molecule has 0 heterocycles. The Hall–Kier alpha value is -1.65. The SMILES string of the molecule is Cc1ccc(C(=O)Nc2ccccc2CO)cc1Br. The second-order valence-electron chi connectivity index (χ2n) is 4.23. The van der Waals surface area contributed by atoms with E-state index in [1.165, 1.54) is 0 Å². The molecule has 0 aromatic heterocycles. The van der Waals surface area contributed by atoms with Gasteiger partial charge in [-0.2, -0.15) is 0 Å². The molecule has 19 heavy (non-hydrogen) atoms. The highest BCUT2D eigenvalue weighted by Gasteiger charge is 2.09. The van der Waals surface area contributed by atoms with E-state index in [4.69, 9.17) is 0 Å². The molecule has 0 bridgehead atoms. The van der Waals surface area contributed by atoms with Gasteiger partial charge in [0.25, 0.3) is 5.91 Å². The Kier molecular flexibility index (Phi) is 4.35. The molecular weight excluding hydrogens is 306 g/mol. The molecule has 0 atom stereocenters. The van der Waals surface area contributed by atoms with Crippen LogP contribution in [0, 0.1) is 6.92 Å². The van der Waals surface area contributed by atoms with Crippen molar-refractivity contribution in [2.45, 2.75) is 13.5 Å². The third-order valence-corrected chi connectivity index (χ3v) is 3.72. The van der Waals surface area contributed by atoms with E-state index in [9.17, 15) is 9.90 Å². The van der Waals surface area contributed by atoms with Crippen LogP contribution in [0.2, 0.25) is 0 Å². The highest BCUT2D eigenvalue weighted by atomic mass is 79.9. The number of aryl methyl sites for hydroxylation is 1. The Bertz CT molecular complexity index is 611. The van der Waals surface area contributed by atoms with Crippen LogP contribution in [-0.2, 0) is 6.61 Å². The summed E-state index contributed by atoms with van der Waals surface area (Å²) < 4.78 is 0.899. The van der Waals surface area contributed by atoms with Gasteiger partial charge in [0.15, 0.2) is 0 Å². The maximum atomic E-state index is 12.1. The molecule has 0 saturated carbocycles. The van der Waals surface area contributed by atoms with Crippen molar-refractivity contribution in [2.24, 2.45) is 0 Å². The number of benzene rings is 2. The minimum absolute atomic E-state index is 0.103. The van der Waals surface area contributed by atoms with E-state index in [0.717, 1.165) is 10.0 Å². The summed E-state index contributed by atoms with van der Waals surface area (Å²) in [6.07, 6.45) is 0. The van der Waals surface area contributed by atoms with Crippen LogP contribution < -0.4 is 5.32 Å². The van der Waals surface area contributed by atoms with Crippen LogP contribution in [-0.4, -0.2) is 11.0 Å². The molecule has 4 heteroatoms. The van der Waals surface area contributed by atoms with Gasteiger partial charge >= 0.3 is 0 Å². The zero-order valence-corrected chi connectivity index (χ0v) is 12.1. The summed E-state index contributed by atoms with van der Waals surface area (Å²) in [6.45, 7) is 1.86. The quantitative estimate of drug-likeness (QED) is 0.909. The van der Waals surface area contributed by atoms with Crippen molar-refractivity contribution in [1.29, 1.82) is 0 Å². The Morgan fingerprint density at radius 3 is 2.68 bits per heavy atom. The molecule has 0 aliphatic heterocycles. The minimum atomic E-state index is -0.193. The molecule has 2 N–H and O–H groups in total. The summed E-state index contributed by atoms with van der Waals surface area (Å²) in [5, 5.41) is 12.0. The minimum Gasteiger partial charge on any atom is -0.392 e. The fourth-order valence-corrected chi connectivity index (χ4v) is 2.09. The van der Waals surface area contributed by atoms with Crippen LogP contribution in [0.25, 0.3) is 0 Å². The molecule has 0 fully saturated rings. The fraction of sp³-hybridized carbons (Fsp3) is 0.133. The topological polar surface area (TPSA) is 49.3 Å². The maximum absolute atomic E-state index is 12.1. The highest BCUT2D eigenvalue weighted by Crippen LogP contribution is 2.20. The standard InChI is InChI=1S/C15H14BrNO2/c1-10-6-7-11(8-13(10)16)15(19)17-14-5-3-2-4-12(14)9-18/h2-8,18H,9H2,1H3,(H,17,19). The molecule has 0 saturated heterocycles. The molecular formula is C15H14BrNO2. The summed E-state index contributed by atoms with van der Waals surface area (Å²) in [5.74, 6) is -0.193.